The first-order chi connectivity index (χ1) is 8.54. The Kier molecular flexibility index (Phi) is 4.99. The predicted octanol–water partition coefficient (Wildman–Crippen LogP) is 4.99. The van der Waals surface area contributed by atoms with Gasteiger partial charge in [0.15, 0.2) is 14.1 Å². The Hall–Kier alpha value is -0.643. The number of carbonyl (C=O) groups is 1. The van der Waals surface area contributed by atoms with Gasteiger partial charge in [-0.2, -0.15) is 0 Å². The predicted molar refractivity (Wildman–Crippen MR) is 83.2 cm³/mol. The van der Waals surface area contributed by atoms with Crippen molar-refractivity contribution in [3.05, 3.63) is 34.9 Å². The van der Waals surface area contributed by atoms with Crippen LogP contribution in [-0.4, -0.2) is 14.1 Å². The first kappa shape index (κ1) is 16.4. The van der Waals surface area contributed by atoms with E-state index in [0.29, 0.717) is 5.02 Å². The Bertz CT molecular complexity index is 463. The minimum atomic E-state index is -1.99. The normalized spacial score (nSPS) is 14.3. The maximum absolute atomic E-state index is 11.9. The molecule has 0 spiro atoms. The van der Waals surface area contributed by atoms with E-state index < -0.39 is 14.4 Å². The lowest BCUT2D eigenvalue weighted by Crippen LogP contribution is -2.43. The van der Waals surface area contributed by atoms with Gasteiger partial charge in [-0.25, -0.2) is 0 Å². The lowest BCUT2D eigenvalue weighted by Gasteiger charge is -2.38. The zero-order chi connectivity index (χ0) is 14.8. The molecule has 4 heteroatoms. The molecule has 0 fully saturated rings. The SMILES string of the molecule is CC(=O)[C@H](O[Si](C)(C)C(C)(C)C)c1cccc(Cl)c1. The highest BCUT2D eigenvalue weighted by Gasteiger charge is 2.40. The molecule has 0 aliphatic heterocycles. The van der Waals surface area contributed by atoms with Gasteiger partial charge in [0, 0.05) is 5.02 Å². The molecule has 0 saturated heterocycles. The summed E-state index contributed by atoms with van der Waals surface area (Å²) in [7, 11) is -1.99. The summed E-state index contributed by atoms with van der Waals surface area (Å²) < 4.78 is 6.24. The summed E-state index contributed by atoms with van der Waals surface area (Å²) in [5, 5.41) is 0.696. The molecule has 1 atom stereocenters. The number of hydrogen-bond acceptors (Lipinski definition) is 2. The van der Waals surface area contributed by atoms with Crippen molar-refractivity contribution in [1.29, 1.82) is 0 Å². The largest absolute Gasteiger partial charge is 0.403 e. The van der Waals surface area contributed by atoms with Crippen LogP contribution in [0.5, 0.6) is 0 Å². The maximum Gasteiger partial charge on any atom is 0.193 e. The molecule has 0 bridgehead atoms. The molecular formula is C15H23ClO2Si. The number of Topliss-reactive ketones (excluding diaryl/α,β-unsaturated/α-hetero) is 1. The van der Waals surface area contributed by atoms with Crippen LogP contribution in [0.4, 0.5) is 0 Å². The Morgan fingerprint density at radius 3 is 2.32 bits per heavy atom. The van der Waals surface area contributed by atoms with E-state index in [1.807, 2.05) is 12.1 Å². The lowest BCUT2D eigenvalue weighted by molar-refractivity contribution is -0.124. The second-order valence-electron chi connectivity index (χ2n) is 6.42. The van der Waals surface area contributed by atoms with Gasteiger partial charge < -0.3 is 4.43 Å². The fourth-order valence-corrected chi connectivity index (χ4v) is 2.97. The van der Waals surface area contributed by atoms with Gasteiger partial charge in [0.25, 0.3) is 0 Å². The van der Waals surface area contributed by atoms with Crippen LogP contribution in [0.1, 0.15) is 39.4 Å². The summed E-state index contributed by atoms with van der Waals surface area (Å²) in [5.41, 5.74) is 0.838. The molecule has 0 radical (unpaired) electrons. The van der Waals surface area contributed by atoms with Gasteiger partial charge in [-0.05, 0) is 42.8 Å². The number of rotatable bonds is 4. The van der Waals surface area contributed by atoms with Crippen LogP contribution in [0.25, 0.3) is 0 Å². The minimum Gasteiger partial charge on any atom is -0.403 e. The first-order valence-electron chi connectivity index (χ1n) is 6.48. The van der Waals surface area contributed by atoms with E-state index in [-0.39, 0.29) is 10.8 Å². The van der Waals surface area contributed by atoms with E-state index in [4.69, 9.17) is 16.0 Å². The molecule has 0 heterocycles. The average Bonchev–Trinajstić information content (AvgIpc) is 2.24. The van der Waals surface area contributed by atoms with Crippen molar-refractivity contribution in [3.8, 4) is 0 Å². The number of hydrogen-bond donors (Lipinski definition) is 0. The van der Waals surface area contributed by atoms with E-state index in [1.165, 1.54) is 0 Å². The molecule has 106 valence electrons. The summed E-state index contributed by atoms with van der Waals surface area (Å²) in [5.74, 6) is 0.0205. The molecule has 0 aliphatic carbocycles. The molecule has 0 N–H and O–H groups in total. The molecule has 0 unspecified atom stereocenters. The molecule has 2 nitrogen and oxygen atoms in total. The molecule has 1 rings (SSSR count). The van der Waals surface area contributed by atoms with Gasteiger partial charge in [-0.1, -0.05) is 44.5 Å². The Morgan fingerprint density at radius 2 is 1.89 bits per heavy atom. The Labute approximate surface area is 122 Å². The molecule has 1 aromatic rings. The van der Waals surface area contributed by atoms with Crippen LogP contribution in [0.2, 0.25) is 23.2 Å². The number of ketones is 1. The molecule has 19 heavy (non-hydrogen) atoms. The maximum atomic E-state index is 11.9. The number of carbonyl (C=O) groups excluding carboxylic acids is 1. The van der Waals surface area contributed by atoms with Crippen molar-refractivity contribution in [2.75, 3.05) is 0 Å². The van der Waals surface area contributed by atoms with E-state index in [2.05, 4.69) is 33.9 Å². The van der Waals surface area contributed by atoms with Crippen molar-refractivity contribution >= 4 is 25.7 Å². The third-order valence-corrected chi connectivity index (χ3v) is 8.41. The van der Waals surface area contributed by atoms with Gasteiger partial charge in [-0.15, -0.1) is 0 Å². The first-order valence-corrected chi connectivity index (χ1v) is 9.77. The zero-order valence-electron chi connectivity index (χ0n) is 12.6. The van der Waals surface area contributed by atoms with Crippen molar-refractivity contribution in [3.63, 3.8) is 0 Å². The molecule has 0 aliphatic rings. The van der Waals surface area contributed by atoms with Crippen LogP contribution in [0.15, 0.2) is 24.3 Å². The fourth-order valence-electron chi connectivity index (χ4n) is 1.53. The number of halogens is 1. The quantitative estimate of drug-likeness (QED) is 0.732. The summed E-state index contributed by atoms with van der Waals surface area (Å²) in [6.07, 6.45) is -0.514. The molecule has 0 amide bonds. The summed E-state index contributed by atoms with van der Waals surface area (Å²) in [6.45, 7) is 12.3. The Balaban J connectivity index is 3.08. The highest BCUT2D eigenvalue weighted by Crippen LogP contribution is 2.40. The van der Waals surface area contributed by atoms with Gasteiger partial charge in [-0.3, -0.25) is 4.79 Å². The van der Waals surface area contributed by atoms with Crippen molar-refractivity contribution < 1.29 is 9.22 Å². The molecule has 0 aromatic heterocycles. The third-order valence-electron chi connectivity index (χ3n) is 3.74. The van der Waals surface area contributed by atoms with Gasteiger partial charge in [0.2, 0.25) is 0 Å². The summed E-state index contributed by atoms with van der Waals surface area (Å²) in [4.78, 5) is 11.9. The van der Waals surface area contributed by atoms with Crippen molar-refractivity contribution in [2.24, 2.45) is 0 Å². The second kappa shape index (κ2) is 5.78. The topological polar surface area (TPSA) is 26.3 Å². The van der Waals surface area contributed by atoms with E-state index in [1.54, 1.807) is 19.1 Å². The highest BCUT2D eigenvalue weighted by atomic mass is 35.5. The van der Waals surface area contributed by atoms with Crippen LogP contribution in [-0.2, 0) is 9.22 Å². The summed E-state index contributed by atoms with van der Waals surface area (Å²) >= 11 is 6.00. The molecular weight excluding hydrogens is 276 g/mol. The van der Waals surface area contributed by atoms with Gasteiger partial charge in [0.05, 0.1) is 0 Å². The van der Waals surface area contributed by atoms with E-state index in [9.17, 15) is 4.79 Å². The van der Waals surface area contributed by atoms with Gasteiger partial charge >= 0.3 is 0 Å². The fraction of sp³-hybridized carbons (Fsp3) is 0.533. The Morgan fingerprint density at radius 1 is 1.32 bits per heavy atom. The third kappa shape index (κ3) is 4.16. The average molecular weight is 299 g/mol. The van der Waals surface area contributed by atoms with Crippen LogP contribution in [0.3, 0.4) is 0 Å². The smallest absolute Gasteiger partial charge is 0.193 e. The standard InChI is InChI=1S/C15H23ClO2Si/c1-11(17)14(12-8-7-9-13(16)10-12)18-19(5,6)15(2,3)4/h7-10,14H,1-6H3/t14-/m0/s1. The van der Waals surface area contributed by atoms with E-state index in [0.717, 1.165) is 5.56 Å². The van der Waals surface area contributed by atoms with Crippen LogP contribution >= 0.6 is 11.6 Å². The van der Waals surface area contributed by atoms with Crippen molar-refractivity contribution in [1.82, 2.24) is 0 Å². The van der Waals surface area contributed by atoms with Crippen molar-refractivity contribution in [2.45, 2.75) is 51.9 Å². The van der Waals surface area contributed by atoms with Gasteiger partial charge in [0.1, 0.15) is 6.10 Å². The summed E-state index contributed by atoms with van der Waals surface area (Å²) in [6, 6.07) is 7.35. The minimum absolute atomic E-state index is 0.0205. The second-order valence-corrected chi connectivity index (χ2v) is 11.6. The molecule has 0 saturated carbocycles. The number of benzene rings is 1. The zero-order valence-corrected chi connectivity index (χ0v) is 14.3. The highest BCUT2D eigenvalue weighted by molar-refractivity contribution is 6.74. The van der Waals surface area contributed by atoms with Crippen LogP contribution in [0, 0.1) is 0 Å². The monoisotopic (exact) mass is 298 g/mol. The lowest BCUT2D eigenvalue weighted by atomic mass is 10.1. The van der Waals surface area contributed by atoms with E-state index >= 15 is 0 Å². The molecule has 1 aromatic carbocycles. The van der Waals surface area contributed by atoms with Crippen LogP contribution < -0.4 is 0 Å².